The fraction of sp³-hybridized carbons (Fsp3) is 0.765. The number of aromatic nitrogens is 2. The van der Waals surface area contributed by atoms with Crippen molar-refractivity contribution in [1.82, 2.24) is 19.4 Å². The van der Waals surface area contributed by atoms with Gasteiger partial charge in [-0.25, -0.2) is 4.98 Å². The van der Waals surface area contributed by atoms with Crippen LogP contribution in [0.2, 0.25) is 0 Å². The van der Waals surface area contributed by atoms with Gasteiger partial charge in [-0.15, -0.1) is 0 Å². The quantitative estimate of drug-likeness (QED) is 0.836. The molecule has 3 rings (SSSR count). The summed E-state index contributed by atoms with van der Waals surface area (Å²) in [5.41, 5.74) is 0. The monoisotopic (exact) mass is 304 g/mol. The summed E-state index contributed by atoms with van der Waals surface area (Å²) in [6.45, 7) is 7.44. The molecular formula is C17H28N4O. The summed E-state index contributed by atoms with van der Waals surface area (Å²) in [6.07, 6.45) is 10.5. The van der Waals surface area contributed by atoms with E-state index < -0.39 is 0 Å². The van der Waals surface area contributed by atoms with Gasteiger partial charge in [0, 0.05) is 44.5 Å². The van der Waals surface area contributed by atoms with Gasteiger partial charge < -0.3 is 14.4 Å². The van der Waals surface area contributed by atoms with Crippen molar-refractivity contribution >= 4 is 5.91 Å². The first-order valence-corrected chi connectivity index (χ1v) is 8.73. The number of carbonyl (C=O) groups excluding carboxylic acids is 1. The van der Waals surface area contributed by atoms with Gasteiger partial charge >= 0.3 is 0 Å². The number of likely N-dealkylation sites (tertiary alicyclic amines) is 2. The molecule has 1 atom stereocenters. The summed E-state index contributed by atoms with van der Waals surface area (Å²) in [6, 6.07) is 0.455. The minimum atomic E-state index is 0.382. The van der Waals surface area contributed by atoms with Gasteiger partial charge in [0.1, 0.15) is 5.82 Å². The van der Waals surface area contributed by atoms with Crippen molar-refractivity contribution in [3.63, 3.8) is 0 Å². The molecule has 0 aliphatic carbocycles. The molecule has 5 nitrogen and oxygen atoms in total. The molecule has 0 bridgehead atoms. The fourth-order valence-electron chi connectivity index (χ4n) is 3.81. The van der Waals surface area contributed by atoms with E-state index in [1.54, 1.807) is 0 Å². The molecule has 1 amide bonds. The van der Waals surface area contributed by atoms with Gasteiger partial charge in [-0.1, -0.05) is 0 Å². The lowest BCUT2D eigenvalue weighted by Gasteiger charge is -2.41. The van der Waals surface area contributed by atoms with E-state index in [9.17, 15) is 4.79 Å². The molecule has 2 fully saturated rings. The predicted molar refractivity (Wildman–Crippen MR) is 86.6 cm³/mol. The molecule has 1 aromatic rings. The van der Waals surface area contributed by atoms with Crippen LogP contribution in [0.5, 0.6) is 0 Å². The Morgan fingerprint density at radius 2 is 2.14 bits per heavy atom. The SMILES string of the molecule is Cc1nccn1CCCN1CCCC(N2CCCCC2=O)C1. The third kappa shape index (κ3) is 3.69. The Kier molecular flexibility index (Phi) is 5.13. The summed E-state index contributed by atoms with van der Waals surface area (Å²) in [5, 5.41) is 0. The van der Waals surface area contributed by atoms with E-state index >= 15 is 0 Å². The van der Waals surface area contributed by atoms with Crippen molar-refractivity contribution in [1.29, 1.82) is 0 Å². The van der Waals surface area contributed by atoms with Crippen molar-refractivity contribution in [2.45, 2.75) is 58.0 Å². The first kappa shape index (κ1) is 15.5. The average molecular weight is 304 g/mol. The summed E-state index contributed by atoms with van der Waals surface area (Å²) >= 11 is 0. The molecule has 0 aromatic carbocycles. The molecule has 1 unspecified atom stereocenters. The van der Waals surface area contributed by atoms with Gasteiger partial charge in [-0.2, -0.15) is 0 Å². The first-order valence-electron chi connectivity index (χ1n) is 8.73. The van der Waals surface area contributed by atoms with E-state index in [1.807, 2.05) is 6.20 Å². The van der Waals surface area contributed by atoms with Crippen LogP contribution in [0.4, 0.5) is 0 Å². The lowest BCUT2D eigenvalue weighted by Crippen LogP contribution is -2.51. The zero-order valence-electron chi connectivity index (χ0n) is 13.7. The fourth-order valence-corrected chi connectivity index (χ4v) is 3.81. The second-order valence-corrected chi connectivity index (χ2v) is 6.66. The molecule has 1 aromatic heterocycles. The van der Waals surface area contributed by atoms with Crippen molar-refractivity contribution in [2.75, 3.05) is 26.2 Å². The Morgan fingerprint density at radius 1 is 1.23 bits per heavy atom. The summed E-state index contributed by atoms with van der Waals surface area (Å²) in [7, 11) is 0. The van der Waals surface area contributed by atoms with Crippen LogP contribution >= 0.6 is 0 Å². The number of rotatable bonds is 5. The highest BCUT2D eigenvalue weighted by atomic mass is 16.2. The van der Waals surface area contributed by atoms with Crippen LogP contribution in [0, 0.1) is 6.92 Å². The van der Waals surface area contributed by atoms with Crippen molar-refractivity contribution in [2.24, 2.45) is 0 Å². The van der Waals surface area contributed by atoms with Crippen LogP contribution in [-0.4, -0.2) is 57.5 Å². The minimum Gasteiger partial charge on any atom is -0.338 e. The van der Waals surface area contributed by atoms with Crippen LogP contribution in [0.25, 0.3) is 0 Å². The third-order valence-electron chi connectivity index (χ3n) is 5.08. The number of hydrogen-bond acceptors (Lipinski definition) is 3. The maximum absolute atomic E-state index is 12.1. The Balaban J connectivity index is 1.46. The van der Waals surface area contributed by atoms with E-state index in [4.69, 9.17) is 0 Å². The molecule has 0 spiro atoms. The standard InChI is InChI=1S/C17H28N4O/c1-15-18-8-13-20(15)11-5-10-19-9-4-6-16(14-19)21-12-3-2-7-17(21)22/h8,13,16H,2-7,9-12,14H2,1H3. The normalized spacial score (nSPS) is 24.0. The zero-order chi connectivity index (χ0) is 15.4. The molecule has 0 N–H and O–H groups in total. The van der Waals surface area contributed by atoms with Crippen molar-refractivity contribution in [3.8, 4) is 0 Å². The maximum Gasteiger partial charge on any atom is 0.222 e. The molecule has 3 heterocycles. The number of piperidine rings is 2. The third-order valence-corrected chi connectivity index (χ3v) is 5.08. The summed E-state index contributed by atoms with van der Waals surface area (Å²) < 4.78 is 2.22. The van der Waals surface area contributed by atoms with E-state index in [0.29, 0.717) is 11.9 Å². The molecule has 2 aliphatic rings. The van der Waals surface area contributed by atoms with E-state index in [1.165, 1.54) is 25.8 Å². The van der Waals surface area contributed by atoms with Crippen LogP contribution in [-0.2, 0) is 11.3 Å². The second-order valence-electron chi connectivity index (χ2n) is 6.66. The van der Waals surface area contributed by atoms with Gasteiger partial charge in [-0.05, 0) is 52.1 Å². The molecule has 0 radical (unpaired) electrons. The second kappa shape index (κ2) is 7.27. The van der Waals surface area contributed by atoms with Gasteiger partial charge in [0.15, 0.2) is 0 Å². The highest BCUT2D eigenvalue weighted by Gasteiger charge is 2.29. The van der Waals surface area contributed by atoms with Crippen LogP contribution in [0.1, 0.15) is 44.3 Å². The maximum atomic E-state index is 12.1. The van der Waals surface area contributed by atoms with E-state index in [2.05, 4.69) is 32.5 Å². The van der Waals surface area contributed by atoms with Crippen molar-refractivity contribution in [3.05, 3.63) is 18.2 Å². The number of nitrogens with zero attached hydrogens (tertiary/aromatic N) is 4. The van der Waals surface area contributed by atoms with Gasteiger partial charge in [-0.3, -0.25) is 4.79 Å². The number of aryl methyl sites for hydroxylation is 2. The number of carbonyl (C=O) groups is 1. The lowest BCUT2D eigenvalue weighted by atomic mass is 10.00. The number of imidazole rings is 1. The first-order chi connectivity index (χ1) is 10.7. The van der Waals surface area contributed by atoms with E-state index in [0.717, 1.165) is 51.3 Å². The molecule has 5 heteroatoms. The van der Waals surface area contributed by atoms with Gasteiger partial charge in [0.05, 0.1) is 0 Å². The summed E-state index contributed by atoms with van der Waals surface area (Å²) in [5.74, 6) is 1.47. The highest BCUT2D eigenvalue weighted by molar-refractivity contribution is 5.77. The Hall–Kier alpha value is -1.36. The van der Waals surface area contributed by atoms with Crippen LogP contribution in [0.15, 0.2) is 12.4 Å². The van der Waals surface area contributed by atoms with E-state index in [-0.39, 0.29) is 0 Å². The molecule has 0 saturated carbocycles. The molecular weight excluding hydrogens is 276 g/mol. The molecule has 22 heavy (non-hydrogen) atoms. The highest BCUT2D eigenvalue weighted by Crippen LogP contribution is 2.21. The molecule has 2 saturated heterocycles. The Labute approximate surface area is 133 Å². The molecule has 2 aliphatic heterocycles. The smallest absolute Gasteiger partial charge is 0.222 e. The van der Waals surface area contributed by atoms with Crippen molar-refractivity contribution < 1.29 is 4.79 Å². The minimum absolute atomic E-state index is 0.382. The summed E-state index contributed by atoms with van der Waals surface area (Å²) in [4.78, 5) is 21.1. The Morgan fingerprint density at radius 3 is 2.91 bits per heavy atom. The Bertz CT molecular complexity index is 499. The van der Waals surface area contributed by atoms with Gasteiger partial charge in [0.2, 0.25) is 5.91 Å². The largest absolute Gasteiger partial charge is 0.338 e. The number of hydrogen-bond donors (Lipinski definition) is 0. The lowest BCUT2D eigenvalue weighted by molar-refractivity contribution is -0.137. The molecule has 122 valence electrons. The average Bonchev–Trinajstić information content (AvgIpc) is 2.93. The zero-order valence-corrected chi connectivity index (χ0v) is 13.7. The number of amides is 1. The van der Waals surface area contributed by atoms with Gasteiger partial charge in [0.25, 0.3) is 0 Å². The topological polar surface area (TPSA) is 41.4 Å². The van der Waals surface area contributed by atoms with Crippen LogP contribution < -0.4 is 0 Å². The van der Waals surface area contributed by atoms with Crippen LogP contribution in [0.3, 0.4) is 0 Å². The predicted octanol–water partition coefficient (Wildman–Crippen LogP) is 2.06.